The predicted octanol–water partition coefficient (Wildman–Crippen LogP) is 0.939. The van der Waals surface area contributed by atoms with Gasteiger partial charge in [0.2, 0.25) is 0 Å². The first-order valence-electron chi connectivity index (χ1n) is 2.54. The zero-order valence-electron chi connectivity index (χ0n) is 4.81. The summed E-state index contributed by atoms with van der Waals surface area (Å²) in [5, 5.41) is 1.93. The van der Waals surface area contributed by atoms with Gasteiger partial charge >= 0.3 is 6.18 Å². The molecule has 1 aliphatic rings. The molecule has 1 unspecified atom stereocenters. The van der Waals surface area contributed by atoms with Gasteiger partial charge in [-0.15, -0.1) is 0 Å². The van der Waals surface area contributed by atoms with Gasteiger partial charge in [0, 0.05) is 6.20 Å². The van der Waals surface area contributed by atoms with Crippen LogP contribution in [0.25, 0.3) is 0 Å². The van der Waals surface area contributed by atoms with Crippen molar-refractivity contribution in [3.05, 3.63) is 12.3 Å². The number of rotatable bonds is 0. The van der Waals surface area contributed by atoms with Crippen LogP contribution in [0.2, 0.25) is 0 Å². The highest BCUT2D eigenvalue weighted by Gasteiger charge is 2.37. The number of aliphatic imine (C=N–C) groups is 1. The lowest BCUT2D eigenvalue weighted by molar-refractivity contribution is -0.141. The fourth-order valence-electron chi connectivity index (χ4n) is 0.512. The second kappa shape index (κ2) is 2.32. The third kappa shape index (κ3) is 1.49. The fraction of sp³-hybridized carbons (Fsp3) is 0.400. The van der Waals surface area contributed by atoms with E-state index in [9.17, 15) is 13.2 Å². The molecule has 0 saturated carbocycles. The fourth-order valence-corrected chi connectivity index (χ4v) is 0.512. The van der Waals surface area contributed by atoms with Gasteiger partial charge in [0.25, 0.3) is 0 Å². The summed E-state index contributed by atoms with van der Waals surface area (Å²) in [6.07, 6.45) is -0.250. The molecule has 0 aromatic heterocycles. The Morgan fingerprint density at radius 2 is 2.20 bits per heavy atom. The smallest absolute Gasteiger partial charge is 0.352 e. The topological polar surface area (TPSA) is 24.4 Å². The minimum absolute atomic E-state index is 0.927. The highest BCUT2D eigenvalue weighted by Crippen LogP contribution is 2.21. The molecule has 1 N–H and O–H groups in total. The normalized spacial score (nSPS) is 24.5. The number of hydrogen-bond acceptors (Lipinski definition) is 2. The van der Waals surface area contributed by atoms with Crippen molar-refractivity contribution in [2.45, 2.75) is 12.2 Å². The summed E-state index contributed by atoms with van der Waals surface area (Å²) in [7, 11) is 0. The molecule has 0 aromatic carbocycles. The lowest BCUT2D eigenvalue weighted by atomic mass is 10.3. The Bertz CT molecular complexity index is 170. The Kier molecular flexibility index (Phi) is 1.65. The van der Waals surface area contributed by atoms with E-state index in [2.05, 4.69) is 4.99 Å². The maximum atomic E-state index is 11.7. The predicted molar refractivity (Wildman–Crippen MR) is 29.6 cm³/mol. The highest BCUT2D eigenvalue weighted by molar-refractivity contribution is 5.57. The second-order valence-electron chi connectivity index (χ2n) is 1.75. The summed E-state index contributed by atoms with van der Waals surface area (Å²) >= 11 is 0. The van der Waals surface area contributed by atoms with Crippen LogP contribution in [-0.4, -0.2) is 18.6 Å². The van der Waals surface area contributed by atoms with Gasteiger partial charge in [0.05, 0.1) is 0 Å². The number of nitrogens with one attached hydrogen (secondary N) is 1. The molecule has 1 heterocycles. The van der Waals surface area contributed by atoms with Crippen molar-refractivity contribution in [1.29, 1.82) is 0 Å². The summed E-state index contributed by atoms with van der Waals surface area (Å²) < 4.78 is 35.2. The molecular weight excluding hydrogens is 145 g/mol. The Morgan fingerprint density at radius 3 is 2.50 bits per heavy atom. The van der Waals surface area contributed by atoms with Crippen molar-refractivity contribution in [1.82, 2.24) is 5.32 Å². The molecule has 1 radical (unpaired) electrons. The Balaban J connectivity index is 2.60. The average Bonchev–Trinajstić information content (AvgIpc) is 1.88. The van der Waals surface area contributed by atoms with Crippen molar-refractivity contribution >= 4 is 6.34 Å². The molecule has 0 saturated heterocycles. The molecule has 55 valence electrons. The zero-order chi connectivity index (χ0) is 7.61. The molecule has 1 atom stereocenters. The minimum atomic E-state index is -4.25. The molecule has 0 fully saturated rings. The molecule has 0 bridgehead atoms. The third-order valence-electron chi connectivity index (χ3n) is 0.990. The van der Waals surface area contributed by atoms with Crippen LogP contribution in [-0.2, 0) is 0 Å². The van der Waals surface area contributed by atoms with Gasteiger partial charge in [-0.3, -0.25) is 0 Å². The van der Waals surface area contributed by atoms with E-state index >= 15 is 0 Å². The second-order valence-corrected chi connectivity index (χ2v) is 1.75. The van der Waals surface area contributed by atoms with Crippen molar-refractivity contribution in [2.24, 2.45) is 4.99 Å². The lowest BCUT2D eigenvalue weighted by Gasteiger charge is -2.16. The maximum absolute atomic E-state index is 11.7. The third-order valence-corrected chi connectivity index (χ3v) is 0.990. The van der Waals surface area contributed by atoms with E-state index < -0.39 is 12.2 Å². The molecule has 5 heteroatoms. The van der Waals surface area contributed by atoms with Gasteiger partial charge in [-0.25, -0.2) is 4.99 Å². The standard InChI is InChI=1S/C5H4F3N2/c6-5(7,8)4-1-2-9-3-10-4/h1-2,4H,(H,9,10). The summed E-state index contributed by atoms with van der Waals surface area (Å²) in [4.78, 5) is 3.30. The summed E-state index contributed by atoms with van der Waals surface area (Å²) in [5.41, 5.74) is 0. The van der Waals surface area contributed by atoms with E-state index in [1.54, 1.807) is 0 Å². The Morgan fingerprint density at radius 1 is 1.50 bits per heavy atom. The van der Waals surface area contributed by atoms with Crippen LogP contribution in [0.1, 0.15) is 0 Å². The monoisotopic (exact) mass is 149 g/mol. The van der Waals surface area contributed by atoms with Crippen molar-refractivity contribution in [3.8, 4) is 0 Å². The van der Waals surface area contributed by atoms with Gasteiger partial charge in [0.15, 0.2) is 6.34 Å². The molecule has 1 aliphatic heterocycles. The van der Waals surface area contributed by atoms with Crippen molar-refractivity contribution in [3.63, 3.8) is 0 Å². The molecule has 1 rings (SSSR count). The lowest BCUT2D eigenvalue weighted by Crippen LogP contribution is -2.40. The first-order chi connectivity index (χ1) is 4.61. The van der Waals surface area contributed by atoms with Crippen LogP contribution in [0, 0.1) is 0 Å². The summed E-state index contributed by atoms with van der Waals surface area (Å²) in [6.45, 7) is 0. The van der Waals surface area contributed by atoms with Crippen LogP contribution < -0.4 is 5.32 Å². The molecule has 10 heavy (non-hydrogen) atoms. The molecule has 0 amide bonds. The number of alkyl halides is 3. The van der Waals surface area contributed by atoms with E-state index in [-0.39, 0.29) is 0 Å². The van der Waals surface area contributed by atoms with Crippen LogP contribution in [0.15, 0.2) is 17.3 Å². The van der Waals surface area contributed by atoms with Crippen LogP contribution in [0.3, 0.4) is 0 Å². The number of halogens is 3. The van der Waals surface area contributed by atoms with E-state index in [0.29, 0.717) is 0 Å². The molecule has 0 aliphatic carbocycles. The van der Waals surface area contributed by atoms with Gasteiger partial charge in [-0.2, -0.15) is 13.2 Å². The van der Waals surface area contributed by atoms with Crippen molar-refractivity contribution in [2.75, 3.05) is 0 Å². The van der Waals surface area contributed by atoms with E-state index in [1.807, 2.05) is 11.7 Å². The van der Waals surface area contributed by atoms with Crippen molar-refractivity contribution < 1.29 is 13.2 Å². The summed E-state index contributed by atoms with van der Waals surface area (Å²) in [6, 6.07) is -1.63. The Hall–Kier alpha value is -1.00. The quantitative estimate of drug-likeness (QED) is 0.544. The van der Waals surface area contributed by atoms with Gasteiger partial charge in [-0.05, 0) is 6.08 Å². The van der Waals surface area contributed by atoms with Crippen LogP contribution in [0.5, 0.6) is 0 Å². The zero-order valence-corrected chi connectivity index (χ0v) is 4.81. The van der Waals surface area contributed by atoms with Crippen LogP contribution >= 0.6 is 0 Å². The first kappa shape index (κ1) is 7.11. The molecule has 0 aromatic rings. The highest BCUT2D eigenvalue weighted by atomic mass is 19.4. The summed E-state index contributed by atoms with van der Waals surface area (Å²) in [5.74, 6) is 0. The van der Waals surface area contributed by atoms with E-state index in [1.165, 1.54) is 0 Å². The first-order valence-corrected chi connectivity index (χ1v) is 2.54. The largest absolute Gasteiger partial charge is 0.412 e. The Labute approximate surface area is 55.4 Å². The van der Waals surface area contributed by atoms with Crippen LogP contribution in [0.4, 0.5) is 13.2 Å². The SMILES string of the molecule is FC(F)(F)C1C=CN=[C]N1. The number of hydrogen-bond donors (Lipinski definition) is 1. The average molecular weight is 149 g/mol. The minimum Gasteiger partial charge on any atom is -0.352 e. The van der Waals surface area contributed by atoms with Gasteiger partial charge < -0.3 is 5.32 Å². The molecule has 2 nitrogen and oxygen atoms in total. The van der Waals surface area contributed by atoms with E-state index in [4.69, 9.17) is 0 Å². The van der Waals surface area contributed by atoms with E-state index in [0.717, 1.165) is 12.3 Å². The number of nitrogens with zero attached hydrogens (tertiary/aromatic N) is 1. The molecular formula is C5H4F3N2. The maximum Gasteiger partial charge on any atom is 0.412 e. The molecule has 0 spiro atoms. The van der Waals surface area contributed by atoms with Gasteiger partial charge in [0.1, 0.15) is 6.04 Å². The van der Waals surface area contributed by atoms with Gasteiger partial charge in [-0.1, -0.05) is 0 Å².